The second-order valence-electron chi connectivity index (χ2n) is 5.04. The van der Waals surface area contributed by atoms with Gasteiger partial charge in [-0.3, -0.25) is 0 Å². The highest BCUT2D eigenvalue weighted by atomic mass is 35.5. The van der Waals surface area contributed by atoms with Crippen molar-refractivity contribution >= 4 is 11.6 Å². The Balaban J connectivity index is 2.08. The van der Waals surface area contributed by atoms with E-state index in [0.717, 1.165) is 10.6 Å². The third-order valence-corrected chi connectivity index (χ3v) is 3.79. The average molecular weight is 274 g/mol. The molecule has 1 nitrogen and oxygen atoms in total. The Labute approximate surface area is 120 Å². The molecule has 2 aromatic rings. The van der Waals surface area contributed by atoms with Crippen LogP contribution in [0, 0.1) is 6.92 Å². The lowest BCUT2D eigenvalue weighted by Gasteiger charge is -2.21. The van der Waals surface area contributed by atoms with Gasteiger partial charge in [0.2, 0.25) is 0 Å². The van der Waals surface area contributed by atoms with Crippen molar-refractivity contribution in [1.29, 1.82) is 0 Å². The van der Waals surface area contributed by atoms with Gasteiger partial charge in [-0.25, -0.2) is 0 Å². The molecule has 0 aliphatic carbocycles. The summed E-state index contributed by atoms with van der Waals surface area (Å²) in [5.41, 5.74) is 3.72. The zero-order valence-electron chi connectivity index (χ0n) is 11.7. The van der Waals surface area contributed by atoms with E-state index in [9.17, 15) is 0 Å². The first kappa shape index (κ1) is 14.1. The second-order valence-corrected chi connectivity index (χ2v) is 5.45. The lowest BCUT2D eigenvalue weighted by Crippen LogP contribution is -2.22. The SMILES string of the molecule is Cc1ccc(C(C)N[C@@H](C)c2ccccc2Cl)cc1. The van der Waals surface area contributed by atoms with Crippen molar-refractivity contribution in [2.75, 3.05) is 0 Å². The van der Waals surface area contributed by atoms with Gasteiger partial charge >= 0.3 is 0 Å². The first-order chi connectivity index (χ1) is 9.08. The lowest BCUT2D eigenvalue weighted by molar-refractivity contribution is 0.495. The number of rotatable bonds is 4. The van der Waals surface area contributed by atoms with Crippen molar-refractivity contribution in [2.24, 2.45) is 0 Å². The number of benzene rings is 2. The molecule has 1 N–H and O–H groups in total. The maximum absolute atomic E-state index is 6.23. The number of nitrogens with one attached hydrogen (secondary N) is 1. The number of aryl methyl sites for hydroxylation is 1. The summed E-state index contributed by atoms with van der Waals surface area (Å²) in [6.07, 6.45) is 0. The molecule has 2 heteroatoms. The van der Waals surface area contributed by atoms with Gasteiger partial charge in [0, 0.05) is 17.1 Å². The van der Waals surface area contributed by atoms with E-state index >= 15 is 0 Å². The molecule has 0 radical (unpaired) electrons. The van der Waals surface area contributed by atoms with Gasteiger partial charge in [-0.2, -0.15) is 0 Å². The van der Waals surface area contributed by atoms with Gasteiger partial charge in [-0.05, 0) is 38.0 Å². The largest absolute Gasteiger partial charge is 0.304 e. The summed E-state index contributed by atoms with van der Waals surface area (Å²) in [4.78, 5) is 0. The minimum absolute atomic E-state index is 0.227. The number of hydrogen-bond donors (Lipinski definition) is 1. The maximum Gasteiger partial charge on any atom is 0.0453 e. The highest BCUT2D eigenvalue weighted by molar-refractivity contribution is 6.31. The van der Waals surface area contributed by atoms with E-state index in [1.165, 1.54) is 11.1 Å². The van der Waals surface area contributed by atoms with E-state index in [4.69, 9.17) is 11.6 Å². The molecular weight excluding hydrogens is 254 g/mol. The quantitative estimate of drug-likeness (QED) is 0.821. The Hall–Kier alpha value is -1.31. The molecule has 0 spiro atoms. The molecule has 0 aliphatic heterocycles. The van der Waals surface area contributed by atoms with Gasteiger partial charge in [0.1, 0.15) is 0 Å². The van der Waals surface area contributed by atoms with Crippen LogP contribution >= 0.6 is 11.6 Å². The lowest BCUT2D eigenvalue weighted by atomic mass is 10.0. The summed E-state index contributed by atoms with van der Waals surface area (Å²) in [5.74, 6) is 0. The van der Waals surface area contributed by atoms with Crippen molar-refractivity contribution < 1.29 is 0 Å². The Kier molecular flexibility index (Phi) is 4.62. The van der Waals surface area contributed by atoms with Crippen LogP contribution in [0.2, 0.25) is 5.02 Å². The molecule has 100 valence electrons. The summed E-state index contributed by atoms with van der Waals surface area (Å²) in [6, 6.07) is 17.2. The van der Waals surface area contributed by atoms with Crippen molar-refractivity contribution in [2.45, 2.75) is 32.9 Å². The van der Waals surface area contributed by atoms with E-state index in [-0.39, 0.29) is 6.04 Å². The summed E-state index contributed by atoms with van der Waals surface area (Å²) in [5, 5.41) is 4.41. The van der Waals surface area contributed by atoms with Gasteiger partial charge in [-0.15, -0.1) is 0 Å². The van der Waals surface area contributed by atoms with Crippen LogP contribution in [0.1, 0.15) is 42.6 Å². The summed E-state index contributed by atoms with van der Waals surface area (Å²) < 4.78 is 0. The Morgan fingerprint density at radius 3 is 2.16 bits per heavy atom. The highest BCUT2D eigenvalue weighted by Crippen LogP contribution is 2.25. The molecule has 0 aliphatic rings. The summed E-state index contributed by atoms with van der Waals surface area (Å²) >= 11 is 6.23. The molecule has 0 aromatic heterocycles. The molecule has 2 aromatic carbocycles. The zero-order chi connectivity index (χ0) is 13.8. The molecule has 19 heavy (non-hydrogen) atoms. The molecule has 0 bridgehead atoms. The van der Waals surface area contributed by atoms with Crippen LogP contribution < -0.4 is 5.32 Å². The first-order valence-electron chi connectivity index (χ1n) is 6.65. The van der Waals surface area contributed by atoms with E-state index < -0.39 is 0 Å². The molecule has 0 amide bonds. The van der Waals surface area contributed by atoms with Crippen LogP contribution in [-0.2, 0) is 0 Å². The Bertz CT molecular complexity index is 533. The topological polar surface area (TPSA) is 12.0 Å². The third kappa shape index (κ3) is 3.59. The van der Waals surface area contributed by atoms with Gasteiger partial charge in [-0.1, -0.05) is 59.6 Å². The standard InChI is InChI=1S/C17H20ClN/c1-12-8-10-15(11-9-12)13(2)19-14(3)16-6-4-5-7-17(16)18/h4-11,13-14,19H,1-3H3/t13?,14-/m0/s1. The molecule has 0 saturated carbocycles. The third-order valence-electron chi connectivity index (χ3n) is 3.45. The predicted octanol–water partition coefficient (Wildman–Crippen LogP) is 5.06. The average Bonchev–Trinajstić information content (AvgIpc) is 2.39. The fourth-order valence-corrected chi connectivity index (χ4v) is 2.54. The Morgan fingerprint density at radius 2 is 1.53 bits per heavy atom. The highest BCUT2D eigenvalue weighted by Gasteiger charge is 2.13. The van der Waals surface area contributed by atoms with Gasteiger partial charge in [0.25, 0.3) is 0 Å². The molecule has 0 saturated heterocycles. The van der Waals surface area contributed by atoms with E-state index in [1.807, 2.05) is 18.2 Å². The summed E-state index contributed by atoms with van der Waals surface area (Å²) in [7, 11) is 0. The summed E-state index contributed by atoms with van der Waals surface area (Å²) in [6.45, 7) is 6.43. The predicted molar refractivity (Wildman–Crippen MR) is 82.6 cm³/mol. The van der Waals surface area contributed by atoms with E-state index in [0.29, 0.717) is 6.04 Å². The molecule has 2 rings (SSSR count). The van der Waals surface area contributed by atoms with Crippen LogP contribution in [0.3, 0.4) is 0 Å². The van der Waals surface area contributed by atoms with Crippen molar-refractivity contribution in [3.8, 4) is 0 Å². The van der Waals surface area contributed by atoms with Gasteiger partial charge in [0.05, 0.1) is 0 Å². The van der Waals surface area contributed by atoms with E-state index in [2.05, 4.69) is 56.4 Å². The van der Waals surface area contributed by atoms with Gasteiger partial charge in [0.15, 0.2) is 0 Å². The molecule has 0 fully saturated rings. The molecule has 0 heterocycles. The van der Waals surface area contributed by atoms with Crippen LogP contribution in [-0.4, -0.2) is 0 Å². The molecule has 2 atom stereocenters. The van der Waals surface area contributed by atoms with Crippen LogP contribution in [0.4, 0.5) is 0 Å². The molecule has 1 unspecified atom stereocenters. The van der Waals surface area contributed by atoms with Crippen molar-refractivity contribution in [3.63, 3.8) is 0 Å². The van der Waals surface area contributed by atoms with Crippen molar-refractivity contribution in [1.82, 2.24) is 5.32 Å². The number of hydrogen-bond acceptors (Lipinski definition) is 1. The Morgan fingerprint density at radius 1 is 0.895 bits per heavy atom. The maximum atomic E-state index is 6.23. The minimum Gasteiger partial charge on any atom is -0.304 e. The zero-order valence-corrected chi connectivity index (χ0v) is 12.4. The fourth-order valence-electron chi connectivity index (χ4n) is 2.24. The minimum atomic E-state index is 0.227. The normalized spacial score (nSPS) is 14.1. The smallest absolute Gasteiger partial charge is 0.0453 e. The van der Waals surface area contributed by atoms with Crippen LogP contribution in [0.25, 0.3) is 0 Å². The molecular formula is C17H20ClN. The number of halogens is 1. The van der Waals surface area contributed by atoms with Crippen LogP contribution in [0.15, 0.2) is 48.5 Å². The first-order valence-corrected chi connectivity index (χ1v) is 7.03. The van der Waals surface area contributed by atoms with Crippen LogP contribution in [0.5, 0.6) is 0 Å². The van der Waals surface area contributed by atoms with Crippen molar-refractivity contribution in [3.05, 3.63) is 70.2 Å². The van der Waals surface area contributed by atoms with E-state index in [1.54, 1.807) is 0 Å². The second kappa shape index (κ2) is 6.23. The monoisotopic (exact) mass is 273 g/mol. The fraction of sp³-hybridized carbons (Fsp3) is 0.294. The van der Waals surface area contributed by atoms with Gasteiger partial charge < -0.3 is 5.32 Å².